The number of carbonyl (C=O) groups is 2. The molecule has 2 aromatic rings. The molecule has 0 aliphatic rings. The fraction of sp³-hybridized carbons (Fsp3) is 0.286. The molecule has 2 rings (SSSR count). The average Bonchev–Trinajstić information content (AvgIpc) is 2.60. The van der Waals surface area contributed by atoms with E-state index in [1.165, 1.54) is 13.3 Å². The Morgan fingerprint density at radius 3 is 2.52 bits per heavy atom. The van der Waals surface area contributed by atoms with Gasteiger partial charge in [0.25, 0.3) is 0 Å². The van der Waals surface area contributed by atoms with E-state index in [0.29, 0.717) is 21.9 Å². The lowest BCUT2D eigenvalue weighted by molar-refractivity contribution is -0.143. The Balaban J connectivity index is 2.21. The minimum atomic E-state index is -0.618. The van der Waals surface area contributed by atoms with E-state index in [-0.39, 0.29) is 5.92 Å². The number of halogens is 1. The molecule has 0 saturated carbocycles. The molecule has 0 radical (unpaired) electrons. The molecule has 0 amide bonds. The van der Waals surface area contributed by atoms with Gasteiger partial charge in [-0.05, 0) is 48.7 Å². The molecule has 2 aromatic carbocycles. The van der Waals surface area contributed by atoms with Crippen molar-refractivity contribution in [3.8, 4) is 5.75 Å². The number of hydrogen-bond donors (Lipinski definition) is 0. The predicted octanol–water partition coefficient (Wildman–Crippen LogP) is 4.48. The van der Waals surface area contributed by atoms with Gasteiger partial charge in [0.05, 0.1) is 12.7 Å². The molecule has 6 heteroatoms. The lowest BCUT2D eigenvalue weighted by Crippen LogP contribution is -2.26. The number of carbonyl (C=O) groups excluding carboxylic acids is 2. The third-order valence-corrected chi connectivity index (χ3v) is 4.03. The summed E-state index contributed by atoms with van der Waals surface area (Å²) in [4.78, 5) is 28.4. The summed E-state index contributed by atoms with van der Waals surface area (Å²) in [5.41, 5.74) is 2.03. The number of nitrogens with zero attached hydrogens (tertiary/aromatic N) is 1. The third-order valence-electron chi connectivity index (χ3n) is 3.82. The van der Waals surface area contributed by atoms with E-state index in [0.717, 1.165) is 5.56 Å². The first-order valence-corrected chi connectivity index (χ1v) is 8.88. The molecule has 0 N–H and O–H groups in total. The van der Waals surface area contributed by atoms with Gasteiger partial charge in [0.2, 0.25) is 0 Å². The van der Waals surface area contributed by atoms with Crippen molar-refractivity contribution in [3.05, 3.63) is 64.2 Å². The molecule has 27 heavy (non-hydrogen) atoms. The van der Waals surface area contributed by atoms with E-state index in [1.54, 1.807) is 36.4 Å². The van der Waals surface area contributed by atoms with Crippen molar-refractivity contribution in [2.75, 3.05) is 7.11 Å². The number of esters is 2. The lowest BCUT2D eigenvalue weighted by atomic mass is 10.1. The molecular formula is C21H22ClNO4. The van der Waals surface area contributed by atoms with Crippen LogP contribution >= 0.6 is 11.6 Å². The number of aliphatic imine (C=N–C) groups is 1. The first kappa shape index (κ1) is 20.6. The summed E-state index contributed by atoms with van der Waals surface area (Å²) in [5, 5.41) is 0.394. The first-order valence-electron chi connectivity index (χ1n) is 8.50. The number of methoxy groups -OCH3 is 1. The van der Waals surface area contributed by atoms with Crippen LogP contribution in [-0.4, -0.2) is 31.3 Å². The van der Waals surface area contributed by atoms with E-state index in [2.05, 4.69) is 4.99 Å². The topological polar surface area (TPSA) is 65.0 Å². The summed E-state index contributed by atoms with van der Waals surface area (Å²) in [6, 6.07) is 11.4. The largest absolute Gasteiger partial charge is 0.467 e. The Bertz CT molecular complexity index is 861. The molecule has 0 aliphatic heterocycles. The Morgan fingerprint density at radius 1 is 1.15 bits per heavy atom. The summed E-state index contributed by atoms with van der Waals surface area (Å²) in [5.74, 6) is -0.603. The van der Waals surface area contributed by atoms with Crippen LogP contribution in [0.2, 0.25) is 5.02 Å². The average molecular weight is 388 g/mol. The number of ether oxygens (including phenoxy) is 2. The Hall–Kier alpha value is -2.66. The van der Waals surface area contributed by atoms with Crippen LogP contribution in [0.4, 0.5) is 0 Å². The van der Waals surface area contributed by atoms with Crippen LogP contribution in [0.25, 0.3) is 0 Å². The molecule has 0 aromatic heterocycles. The van der Waals surface area contributed by atoms with E-state index < -0.39 is 18.0 Å². The Morgan fingerprint density at radius 2 is 1.89 bits per heavy atom. The molecule has 5 nitrogen and oxygen atoms in total. The van der Waals surface area contributed by atoms with Crippen molar-refractivity contribution in [3.63, 3.8) is 0 Å². The van der Waals surface area contributed by atoms with Crippen LogP contribution in [0, 0.1) is 12.8 Å². The minimum absolute atomic E-state index is 0.0218. The van der Waals surface area contributed by atoms with Crippen molar-refractivity contribution in [2.45, 2.75) is 26.8 Å². The van der Waals surface area contributed by atoms with Gasteiger partial charge in [-0.25, -0.2) is 9.59 Å². The van der Waals surface area contributed by atoms with Gasteiger partial charge in [0, 0.05) is 11.2 Å². The van der Waals surface area contributed by atoms with Crippen LogP contribution in [0.5, 0.6) is 5.75 Å². The highest BCUT2D eigenvalue weighted by molar-refractivity contribution is 6.31. The Labute approximate surface area is 164 Å². The van der Waals surface area contributed by atoms with Gasteiger partial charge in [0.15, 0.2) is 0 Å². The fourth-order valence-corrected chi connectivity index (χ4v) is 2.68. The quantitative estimate of drug-likeness (QED) is 0.416. The zero-order valence-corrected chi connectivity index (χ0v) is 16.5. The minimum Gasteiger partial charge on any atom is -0.467 e. The zero-order chi connectivity index (χ0) is 20.0. The normalized spacial score (nSPS) is 12.2. The molecule has 0 aliphatic carbocycles. The number of benzene rings is 2. The molecule has 0 heterocycles. The van der Waals surface area contributed by atoms with Crippen LogP contribution in [0.3, 0.4) is 0 Å². The van der Waals surface area contributed by atoms with Crippen molar-refractivity contribution in [1.82, 2.24) is 0 Å². The molecular weight excluding hydrogens is 366 g/mol. The number of rotatable bonds is 6. The maximum absolute atomic E-state index is 12.3. The van der Waals surface area contributed by atoms with Gasteiger partial charge >= 0.3 is 11.9 Å². The van der Waals surface area contributed by atoms with Gasteiger partial charge in [-0.15, -0.1) is 0 Å². The van der Waals surface area contributed by atoms with Crippen molar-refractivity contribution in [2.24, 2.45) is 10.9 Å². The SMILES string of the molecule is COC(=O)C(N=Cc1cc(Cl)cc(OC(=O)c2cccc(C)c2)c1)C(C)C. The maximum atomic E-state index is 12.3. The monoisotopic (exact) mass is 387 g/mol. The maximum Gasteiger partial charge on any atom is 0.343 e. The summed E-state index contributed by atoms with van der Waals surface area (Å²) >= 11 is 6.13. The smallest absolute Gasteiger partial charge is 0.343 e. The highest BCUT2D eigenvalue weighted by Crippen LogP contribution is 2.22. The lowest BCUT2D eigenvalue weighted by Gasteiger charge is -2.13. The van der Waals surface area contributed by atoms with E-state index in [1.807, 2.05) is 26.8 Å². The second-order valence-electron chi connectivity index (χ2n) is 6.47. The van der Waals surface area contributed by atoms with E-state index in [9.17, 15) is 9.59 Å². The van der Waals surface area contributed by atoms with Gasteiger partial charge in [-0.1, -0.05) is 43.1 Å². The van der Waals surface area contributed by atoms with Crippen LogP contribution in [-0.2, 0) is 9.53 Å². The molecule has 0 spiro atoms. The predicted molar refractivity (Wildman–Crippen MR) is 106 cm³/mol. The number of hydrogen-bond acceptors (Lipinski definition) is 5. The second-order valence-corrected chi connectivity index (χ2v) is 6.91. The molecule has 0 bridgehead atoms. The second kappa shape index (κ2) is 9.33. The summed E-state index contributed by atoms with van der Waals surface area (Å²) in [6.07, 6.45) is 1.53. The standard InChI is InChI=1S/C21H22ClNO4/c1-13(2)19(21(25)26-4)23-12-15-9-17(22)11-18(10-15)27-20(24)16-7-5-6-14(3)8-16/h5-13,19H,1-4H3. The third kappa shape index (κ3) is 5.93. The highest BCUT2D eigenvalue weighted by atomic mass is 35.5. The van der Waals surface area contributed by atoms with Crippen LogP contribution < -0.4 is 4.74 Å². The van der Waals surface area contributed by atoms with Crippen molar-refractivity contribution in [1.29, 1.82) is 0 Å². The highest BCUT2D eigenvalue weighted by Gasteiger charge is 2.21. The van der Waals surface area contributed by atoms with Gasteiger partial charge in [-0.3, -0.25) is 4.99 Å². The van der Waals surface area contributed by atoms with Crippen molar-refractivity contribution < 1.29 is 19.1 Å². The summed E-state index contributed by atoms with van der Waals surface area (Å²) in [6.45, 7) is 5.66. The van der Waals surface area contributed by atoms with Crippen LogP contribution in [0.15, 0.2) is 47.5 Å². The summed E-state index contributed by atoms with van der Waals surface area (Å²) in [7, 11) is 1.33. The molecule has 1 atom stereocenters. The van der Waals surface area contributed by atoms with Gasteiger partial charge in [0.1, 0.15) is 11.8 Å². The Kier molecular flexibility index (Phi) is 7.13. The summed E-state index contributed by atoms with van der Waals surface area (Å²) < 4.78 is 10.2. The van der Waals surface area contributed by atoms with Gasteiger partial charge < -0.3 is 9.47 Å². The van der Waals surface area contributed by atoms with Crippen LogP contribution in [0.1, 0.15) is 35.3 Å². The van der Waals surface area contributed by atoms with E-state index in [4.69, 9.17) is 21.1 Å². The molecule has 0 fully saturated rings. The van der Waals surface area contributed by atoms with Crippen molar-refractivity contribution >= 4 is 29.8 Å². The van der Waals surface area contributed by atoms with Gasteiger partial charge in [-0.2, -0.15) is 0 Å². The fourth-order valence-electron chi connectivity index (χ4n) is 2.45. The molecule has 142 valence electrons. The number of aryl methyl sites for hydroxylation is 1. The first-order chi connectivity index (χ1) is 12.8. The molecule has 0 saturated heterocycles. The molecule has 1 unspecified atom stereocenters. The van der Waals surface area contributed by atoms with E-state index >= 15 is 0 Å². The zero-order valence-electron chi connectivity index (χ0n) is 15.7.